The smallest absolute Gasteiger partial charge is 0.0878 e. The summed E-state index contributed by atoms with van der Waals surface area (Å²) in [6, 6.07) is 0. The van der Waals surface area contributed by atoms with Gasteiger partial charge in [0.25, 0.3) is 0 Å². The van der Waals surface area contributed by atoms with Gasteiger partial charge in [-0.3, -0.25) is 0 Å². The summed E-state index contributed by atoms with van der Waals surface area (Å²) < 4.78 is 6.90. The van der Waals surface area contributed by atoms with Crippen molar-refractivity contribution < 1.29 is 4.74 Å². The molecule has 0 saturated heterocycles. The summed E-state index contributed by atoms with van der Waals surface area (Å²) in [5, 5.41) is 0. The Morgan fingerprint density at radius 1 is 1.33 bits per heavy atom. The number of hydrogen-bond acceptors (Lipinski definition) is 1. The van der Waals surface area contributed by atoms with Crippen molar-refractivity contribution in [3.05, 3.63) is 0 Å². The molecule has 3 unspecified atom stereocenters. The van der Waals surface area contributed by atoms with E-state index in [-0.39, 0.29) is 5.60 Å². The van der Waals surface area contributed by atoms with Crippen LogP contribution in [0.3, 0.4) is 0 Å². The van der Waals surface area contributed by atoms with Crippen LogP contribution in [0.4, 0.5) is 0 Å². The molecule has 0 radical (unpaired) electrons. The highest BCUT2D eigenvalue weighted by Crippen LogP contribution is 2.51. The maximum absolute atomic E-state index is 5.94. The molecule has 1 saturated carbocycles. The van der Waals surface area contributed by atoms with Crippen LogP contribution in [0.5, 0.6) is 0 Å². The molecule has 90 valence electrons. The summed E-state index contributed by atoms with van der Waals surface area (Å²) in [6.45, 7) is 9.93. The van der Waals surface area contributed by atoms with E-state index in [0.717, 1.165) is 22.9 Å². The third-order valence-electron chi connectivity index (χ3n) is 3.25. The van der Waals surface area contributed by atoms with Crippen molar-refractivity contribution in [1.82, 2.24) is 0 Å². The molecule has 1 fully saturated rings. The van der Waals surface area contributed by atoms with Gasteiger partial charge in [-0.15, -0.1) is 11.6 Å². The summed E-state index contributed by atoms with van der Waals surface area (Å²) in [4.78, 5) is 0. The lowest BCUT2D eigenvalue weighted by Crippen LogP contribution is -2.33. The summed E-state index contributed by atoms with van der Waals surface area (Å²) >= 11 is 8.25. The predicted molar refractivity (Wildman–Crippen MR) is 75.0 cm³/mol. The Morgan fingerprint density at radius 2 is 1.93 bits per heavy atom. The molecule has 0 aromatic carbocycles. The minimum Gasteiger partial charge on any atom is -0.373 e. The van der Waals surface area contributed by atoms with Crippen LogP contribution in [0.25, 0.3) is 0 Å². The van der Waals surface area contributed by atoms with Gasteiger partial charge in [0, 0.05) is 4.43 Å². The van der Waals surface area contributed by atoms with Gasteiger partial charge in [0.05, 0.1) is 18.1 Å². The fraction of sp³-hybridized carbons (Fsp3) is 1.00. The molecule has 1 nitrogen and oxygen atoms in total. The van der Waals surface area contributed by atoms with E-state index in [0.29, 0.717) is 11.3 Å². The molecule has 1 aliphatic carbocycles. The second kappa shape index (κ2) is 5.09. The molecule has 1 aliphatic rings. The Labute approximate surface area is 112 Å². The molecule has 0 aliphatic heterocycles. The van der Waals surface area contributed by atoms with Crippen molar-refractivity contribution in [2.45, 2.75) is 39.7 Å². The van der Waals surface area contributed by atoms with Crippen molar-refractivity contribution in [2.24, 2.45) is 17.3 Å². The van der Waals surface area contributed by atoms with Crippen molar-refractivity contribution in [1.29, 1.82) is 0 Å². The highest BCUT2D eigenvalue weighted by Gasteiger charge is 2.45. The fourth-order valence-electron chi connectivity index (χ4n) is 1.91. The summed E-state index contributed by atoms with van der Waals surface area (Å²) in [5.74, 6) is 2.19. The first kappa shape index (κ1) is 14.0. The molecule has 3 atom stereocenters. The maximum atomic E-state index is 5.94. The van der Waals surface area contributed by atoms with Crippen LogP contribution in [0.1, 0.15) is 34.1 Å². The molecule has 1 rings (SSSR count). The number of halogens is 2. The van der Waals surface area contributed by atoms with Crippen LogP contribution in [0.15, 0.2) is 0 Å². The zero-order chi connectivity index (χ0) is 11.7. The van der Waals surface area contributed by atoms with E-state index < -0.39 is 0 Å². The van der Waals surface area contributed by atoms with E-state index in [2.05, 4.69) is 50.3 Å². The second-order valence-corrected chi connectivity index (χ2v) is 7.03. The normalized spacial score (nSPS) is 30.0. The number of alkyl halides is 2. The molecular formula is C12H22ClIO. The van der Waals surface area contributed by atoms with Gasteiger partial charge in [-0.1, -0.05) is 43.4 Å². The molecular weight excluding hydrogens is 322 g/mol. The molecule has 0 heterocycles. The number of hydrogen-bond donors (Lipinski definition) is 0. The molecule has 15 heavy (non-hydrogen) atoms. The van der Waals surface area contributed by atoms with Crippen molar-refractivity contribution in [3.8, 4) is 0 Å². The van der Waals surface area contributed by atoms with Gasteiger partial charge in [0.2, 0.25) is 0 Å². The van der Waals surface area contributed by atoms with Gasteiger partial charge in [-0.25, -0.2) is 0 Å². The Balaban J connectivity index is 2.29. The average molecular weight is 345 g/mol. The zero-order valence-corrected chi connectivity index (χ0v) is 13.1. The van der Waals surface area contributed by atoms with Crippen molar-refractivity contribution in [3.63, 3.8) is 0 Å². The maximum Gasteiger partial charge on any atom is 0.0878 e. The highest BCUT2D eigenvalue weighted by atomic mass is 127. The Morgan fingerprint density at radius 3 is 2.27 bits per heavy atom. The molecule has 0 spiro atoms. The third kappa shape index (κ3) is 4.04. The van der Waals surface area contributed by atoms with Crippen LogP contribution >= 0.6 is 34.2 Å². The topological polar surface area (TPSA) is 9.23 Å². The molecule has 0 bridgehead atoms. The highest BCUT2D eigenvalue weighted by molar-refractivity contribution is 14.1. The lowest BCUT2D eigenvalue weighted by molar-refractivity contribution is -0.00450. The first-order valence-corrected chi connectivity index (χ1v) is 7.64. The minimum absolute atomic E-state index is 0.132. The van der Waals surface area contributed by atoms with Gasteiger partial charge < -0.3 is 4.74 Å². The van der Waals surface area contributed by atoms with Gasteiger partial charge in [0.15, 0.2) is 0 Å². The van der Waals surface area contributed by atoms with E-state index >= 15 is 0 Å². The van der Waals surface area contributed by atoms with E-state index in [9.17, 15) is 0 Å². The largest absolute Gasteiger partial charge is 0.373 e. The van der Waals surface area contributed by atoms with E-state index in [1.54, 1.807) is 0 Å². The summed E-state index contributed by atoms with van der Waals surface area (Å²) in [7, 11) is 0. The van der Waals surface area contributed by atoms with E-state index in [1.807, 2.05) is 0 Å². The van der Waals surface area contributed by atoms with E-state index in [1.165, 1.54) is 6.42 Å². The third-order valence-corrected chi connectivity index (χ3v) is 5.43. The van der Waals surface area contributed by atoms with Crippen LogP contribution in [-0.4, -0.2) is 22.5 Å². The van der Waals surface area contributed by atoms with Crippen molar-refractivity contribution in [2.75, 3.05) is 16.9 Å². The number of rotatable bonds is 5. The number of ether oxygens (including phenoxy) is 1. The lowest BCUT2D eigenvalue weighted by Gasteiger charge is -2.26. The monoisotopic (exact) mass is 344 g/mol. The Bertz CT molecular complexity index is 208. The van der Waals surface area contributed by atoms with Gasteiger partial charge in [-0.2, -0.15) is 0 Å². The Hall–Kier alpha value is 0.980. The van der Waals surface area contributed by atoms with Crippen LogP contribution in [0.2, 0.25) is 0 Å². The molecule has 0 aromatic heterocycles. The molecule has 3 heteroatoms. The summed E-state index contributed by atoms with van der Waals surface area (Å²) in [6.07, 6.45) is 1.32. The summed E-state index contributed by atoms with van der Waals surface area (Å²) in [5.41, 5.74) is 0.308. The zero-order valence-electron chi connectivity index (χ0n) is 10.1. The standard InChI is InChI=1S/C12H22ClIO/c1-11(2,3)10-5-9(10)6-15-12(4,7-13)8-14/h9-10H,5-8H2,1-4H3. The quantitative estimate of drug-likeness (QED) is 0.538. The first-order chi connectivity index (χ1) is 6.82. The lowest BCUT2D eigenvalue weighted by atomic mass is 9.89. The van der Waals surface area contributed by atoms with Crippen LogP contribution in [-0.2, 0) is 4.74 Å². The predicted octanol–water partition coefficient (Wildman–Crippen LogP) is 4.12. The molecule has 0 N–H and O–H groups in total. The van der Waals surface area contributed by atoms with Crippen LogP contribution < -0.4 is 0 Å². The van der Waals surface area contributed by atoms with Crippen molar-refractivity contribution >= 4 is 34.2 Å². The van der Waals surface area contributed by atoms with Gasteiger partial charge in [0.1, 0.15) is 0 Å². The first-order valence-electron chi connectivity index (χ1n) is 5.58. The van der Waals surface area contributed by atoms with Gasteiger partial charge >= 0.3 is 0 Å². The molecule has 0 aromatic rings. The van der Waals surface area contributed by atoms with E-state index in [4.69, 9.17) is 16.3 Å². The average Bonchev–Trinajstić information content (AvgIpc) is 2.93. The minimum atomic E-state index is -0.132. The molecule has 0 amide bonds. The fourth-order valence-corrected chi connectivity index (χ4v) is 2.89. The SMILES string of the molecule is CC(CCl)(CI)OCC1CC1C(C)(C)C. The second-order valence-electron chi connectivity index (χ2n) is 6.00. The van der Waals surface area contributed by atoms with Crippen LogP contribution in [0, 0.1) is 17.3 Å². The Kier molecular flexibility index (Phi) is 4.77. The van der Waals surface area contributed by atoms with Gasteiger partial charge in [-0.05, 0) is 30.6 Å².